The van der Waals surface area contributed by atoms with Crippen LogP contribution in [0.2, 0.25) is 5.02 Å². The van der Waals surface area contributed by atoms with Crippen LogP contribution < -0.4 is 15.5 Å². The molecule has 4 amide bonds. The van der Waals surface area contributed by atoms with E-state index in [9.17, 15) is 18.8 Å². The molecule has 6 nitrogen and oxygen atoms in total. The van der Waals surface area contributed by atoms with Crippen molar-refractivity contribution < 1.29 is 18.8 Å². The Morgan fingerprint density at radius 3 is 2.60 bits per heavy atom. The number of anilines is 2. The summed E-state index contributed by atoms with van der Waals surface area (Å²) in [5.41, 5.74) is 0.625. The molecule has 3 rings (SSSR count). The summed E-state index contributed by atoms with van der Waals surface area (Å²) in [6.45, 7) is -0.123. The number of carbonyl (C=O) groups excluding carboxylic acids is 3. The lowest BCUT2D eigenvalue weighted by atomic mass is 10.0. The zero-order valence-electron chi connectivity index (χ0n) is 12.8. The molecule has 0 radical (unpaired) electrons. The highest BCUT2D eigenvalue weighted by Crippen LogP contribution is 2.22. The minimum atomic E-state index is -1.11. The molecule has 0 saturated carbocycles. The van der Waals surface area contributed by atoms with Crippen LogP contribution in [0.5, 0.6) is 0 Å². The van der Waals surface area contributed by atoms with Gasteiger partial charge in [0.1, 0.15) is 11.7 Å². The Morgan fingerprint density at radius 2 is 1.92 bits per heavy atom. The molecular formula is C17H13ClFN3O3. The second-order valence-corrected chi connectivity index (χ2v) is 5.82. The molecule has 25 heavy (non-hydrogen) atoms. The van der Waals surface area contributed by atoms with Crippen LogP contribution in [0, 0.1) is 11.7 Å². The highest BCUT2D eigenvalue weighted by atomic mass is 35.5. The zero-order valence-corrected chi connectivity index (χ0v) is 13.6. The average molecular weight is 362 g/mol. The molecular weight excluding hydrogens is 349 g/mol. The zero-order chi connectivity index (χ0) is 18.0. The molecule has 1 aliphatic heterocycles. The Labute approximate surface area is 147 Å². The number of amides is 4. The number of halogens is 2. The Balaban J connectivity index is 1.80. The van der Waals surface area contributed by atoms with E-state index < -0.39 is 29.6 Å². The van der Waals surface area contributed by atoms with E-state index in [2.05, 4.69) is 10.6 Å². The fraction of sp³-hybridized carbons (Fsp3) is 0.118. The first kappa shape index (κ1) is 16.9. The lowest BCUT2D eigenvalue weighted by Gasteiger charge is -2.30. The van der Waals surface area contributed by atoms with Crippen LogP contribution >= 0.6 is 11.6 Å². The predicted octanol–water partition coefficient (Wildman–Crippen LogP) is 2.79. The van der Waals surface area contributed by atoms with Crippen LogP contribution in [-0.4, -0.2) is 24.4 Å². The minimum Gasteiger partial charge on any atom is -0.336 e. The van der Waals surface area contributed by atoms with Crippen LogP contribution in [0.15, 0.2) is 48.5 Å². The molecule has 2 N–H and O–H groups in total. The third kappa shape index (κ3) is 3.61. The van der Waals surface area contributed by atoms with Gasteiger partial charge in [0.05, 0.1) is 5.69 Å². The predicted molar refractivity (Wildman–Crippen MR) is 90.9 cm³/mol. The maximum absolute atomic E-state index is 13.0. The SMILES string of the molecule is O=C(Nc1cccc(Cl)c1)C1CNC(=O)N(c2ccc(F)cc2)C1=O. The maximum Gasteiger partial charge on any atom is 0.328 e. The van der Waals surface area contributed by atoms with E-state index in [1.54, 1.807) is 24.3 Å². The van der Waals surface area contributed by atoms with E-state index in [4.69, 9.17) is 11.6 Å². The monoisotopic (exact) mass is 361 g/mol. The van der Waals surface area contributed by atoms with Gasteiger partial charge in [-0.05, 0) is 42.5 Å². The summed E-state index contributed by atoms with van der Waals surface area (Å²) in [4.78, 5) is 37.9. The molecule has 0 aromatic heterocycles. The topological polar surface area (TPSA) is 78.5 Å². The Morgan fingerprint density at radius 1 is 1.20 bits per heavy atom. The third-order valence-corrected chi connectivity index (χ3v) is 3.91. The Hall–Kier alpha value is -2.93. The van der Waals surface area contributed by atoms with Gasteiger partial charge in [-0.15, -0.1) is 0 Å². The lowest BCUT2D eigenvalue weighted by molar-refractivity contribution is -0.130. The van der Waals surface area contributed by atoms with Crippen molar-refractivity contribution in [1.29, 1.82) is 0 Å². The van der Waals surface area contributed by atoms with Crippen LogP contribution in [0.3, 0.4) is 0 Å². The summed E-state index contributed by atoms with van der Waals surface area (Å²) >= 11 is 5.86. The van der Waals surface area contributed by atoms with E-state index in [1.807, 2.05) is 0 Å². The van der Waals surface area contributed by atoms with Gasteiger partial charge in [-0.3, -0.25) is 9.59 Å². The van der Waals surface area contributed by atoms with Crippen molar-refractivity contribution >= 4 is 40.8 Å². The summed E-state index contributed by atoms with van der Waals surface area (Å²) in [7, 11) is 0. The number of hydrogen-bond acceptors (Lipinski definition) is 3. The van der Waals surface area contributed by atoms with E-state index in [-0.39, 0.29) is 12.2 Å². The molecule has 0 aliphatic carbocycles. The van der Waals surface area contributed by atoms with Gasteiger partial charge in [0.15, 0.2) is 0 Å². The Bertz CT molecular complexity index is 841. The van der Waals surface area contributed by atoms with E-state index in [0.29, 0.717) is 10.7 Å². The number of benzene rings is 2. The molecule has 1 fully saturated rings. The van der Waals surface area contributed by atoms with Crippen molar-refractivity contribution in [3.63, 3.8) is 0 Å². The summed E-state index contributed by atoms with van der Waals surface area (Å²) in [5, 5.41) is 5.52. The fourth-order valence-corrected chi connectivity index (χ4v) is 2.64. The Kier molecular flexibility index (Phi) is 4.67. The molecule has 8 heteroatoms. The molecule has 1 saturated heterocycles. The first-order valence-corrected chi connectivity index (χ1v) is 7.77. The number of nitrogens with one attached hydrogen (secondary N) is 2. The van der Waals surface area contributed by atoms with Crippen LogP contribution in [0.25, 0.3) is 0 Å². The highest BCUT2D eigenvalue weighted by molar-refractivity contribution is 6.31. The second kappa shape index (κ2) is 6.90. The number of nitrogens with zero attached hydrogens (tertiary/aromatic N) is 1. The van der Waals surface area contributed by atoms with Gasteiger partial charge >= 0.3 is 6.03 Å². The number of carbonyl (C=O) groups is 3. The van der Waals surface area contributed by atoms with Gasteiger partial charge < -0.3 is 10.6 Å². The largest absolute Gasteiger partial charge is 0.336 e. The number of hydrogen-bond donors (Lipinski definition) is 2. The molecule has 1 heterocycles. The quantitative estimate of drug-likeness (QED) is 0.825. The van der Waals surface area contributed by atoms with Crippen molar-refractivity contribution in [2.75, 3.05) is 16.8 Å². The van der Waals surface area contributed by atoms with Gasteiger partial charge in [0.25, 0.3) is 0 Å². The van der Waals surface area contributed by atoms with Crippen LogP contribution in [-0.2, 0) is 9.59 Å². The molecule has 2 aromatic carbocycles. The minimum absolute atomic E-state index is 0.123. The van der Waals surface area contributed by atoms with Crippen molar-refractivity contribution in [1.82, 2.24) is 5.32 Å². The van der Waals surface area contributed by atoms with Crippen molar-refractivity contribution in [3.8, 4) is 0 Å². The van der Waals surface area contributed by atoms with E-state index in [0.717, 1.165) is 17.0 Å². The van der Waals surface area contributed by atoms with Gasteiger partial charge in [0.2, 0.25) is 11.8 Å². The van der Waals surface area contributed by atoms with E-state index in [1.165, 1.54) is 12.1 Å². The number of urea groups is 1. The molecule has 2 aromatic rings. The van der Waals surface area contributed by atoms with Gasteiger partial charge in [-0.2, -0.15) is 0 Å². The van der Waals surface area contributed by atoms with Crippen molar-refractivity contribution in [2.45, 2.75) is 0 Å². The van der Waals surface area contributed by atoms with Crippen LogP contribution in [0.1, 0.15) is 0 Å². The van der Waals surface area contributed by atoms with Crippen molar-refractivity contribution in [3.05, 3.63) is 59.4 Å². The number of rotatable bonds is 3. The molecule has 128 valence electrons. The molecule has 1 aliphatic rings. The van der Waals surface area contributed by atoms with Crippen molar-refractivity contribution in [2.24, 2.45) is 5.92 Å². The third-order valence-electron chi connectivity index (χ3n) is 3.67. The summed E-state index contributed by atoms with van der Waals surface area (Å²) in [6, 6.07) is 10.7. The standard InChI is InChI=1S/C17H13ClFN3O3/c18-10-2-1-3-12(8-10)21-15(23)14-9-20-17(25)22(16(14)24)13-6-4-11(19)5-7-13/h1-8,14H,9H2,(H,20,25)(H,21,23). The second-order valence-electron chi connectivity index (χ2n) is 5.39. The normalized spacial score (nSPS) is 17.2. The molecule has 0 bridgehead atoms. The lowest BCUT2D eigenvalue weighted by Crippen LogP contribution is -2.58. The summed E-state index contributed by atoms with van der Waals surface area (Å²) < 4.78 is 13.0. The van der Waals surface area contributed by atoms with Gasteiger partial charge in [-0.25, -0.2) is 14.1 Å². The average Bonchev–Trinajstić information content (AvgIpc) is 2.56. The molecule has 1 unspecified atom stereocenters. The summed E-state index contributed by atoms with van der Waals surface area (Å²) in [6.07, 6.45) is 0. The molecule has 0 spiro atoms. The maximum atomic E-state index is 13.0. The number of imide groups is 1. The fourth-order valence-electron chi connectivity index (χ4n) is 2.45. The highest BCUT2D eigenvalue weighted by Gasteiger charge is 2.39. The summed E-state index contributed by atoms with van der Waals surface area (Å²) in [5.74, 6) is -2.86. The van der Waals surface area contributed by atoms with Gasteiger partial charge in [0, 0.05) is 17.3 Å². The first-order chi connectivity index (χ1) is 12.0. The van der Waals surface area contributed by atoms with Crippen LogP contribution in [0.4, 0.5) is 20.6 Å². The smallest absolute Gasteiger partial charge is 0.328 e. The van der Waals surface area contributed by atoms with Gasteiger partial charge in [-0.1, -0.05) is 17.7 Å². The van der Waals surface area contributed by atoms with E-state index >= 15 is 0 Å². The first-order valence-electron chi connectivity index (χ1n) is 7.39. The molecule has 1 atom stereocenters.